The minimum absolute atomic E-state index is 0.317. The lowest BCUT2D eigenvalue weighted by molar-refractivity contribution is 0.414. The van der Waals surface area contributed by atoms with Gasteiger partial charge in [0.05, 0.1) is 7.11 Å². The number of nitrogens with zero attached hydrogens (tertiary/aromatic N) is 2. The Hall–Kier alpha value is -2.10. The quantitative estimate of drug-likeness (QED) is 0.829. The summed E-state index contributed by atoms with van der Waals surface area (Å²) in [4.78, 5) is 5.80. The van der Waals surface area contributed by atoms with Gasteiger partial charge in [-0.25, -0.2) is 9.37 Å². The molecule has 0 aliphatic heterocycles. The maximum atomic E-state index is 13.6. The monoisotopic (exact) mass is 246 g/mol. The minimum Gasteiger partial charge on any atom is -0.497 e. The molecule has 1 aromatic heterocycles. The fourth-order valence-corrected chi connectivity index (χ4v) is 1.78. The number of ether oxygens (including phenoxy) is 1. The summed E-state index contributed by atoms with van der Waals surface area (Å²) < 4.78 is 18.7. The van der Waals surface area contributed by atoms with Crippen LogP contribution < -0.4 is 9.64 Å². The Morgan fingerprint density at radius 2 is 2.11 bits per heavy atom. The van der Waals surface area contributed by atoms with E-state index in [0.29, 0.717) is 12.4 Å². The summed E-state index contributed by atoms with van der Waals surface area (Å²) in [5.41, 5.74) is 1.04. The van der Waals surface area contributed by atoms with Gasteiger partial charge in [0, 0.05) is 19.8 Å². The first kappa shape index (κ1) is 12.4. The number of anilines is 1. The van der Waals surface area contributed by atoms with Crippen LogP contribution in [-0.4, -0.2) is 19.1 Å². The predicted molar refractivity (Wildman–Crippen MR) is 69.3 cm³/mol. The van der Waals surface area contributed by atoms with E-state index < -0.39 is 0 Å². The van der Waals surface area contributed by atoms with Crippen molar-refractivity contribution in [2.75, 3.05) is 19.1 Å². The molecule has 0 atom stereocenters. The Morgan fingerprint density at radius 3 is 2.83 bits per heavy atom. The molecule has 18 heavy (non-hydrogen) atoms. The average molecular weight is 246 g/mol. The first-order valence-electron chi connectivity index (χ1n) is 5.65. The van der Waals surface area contributed by atoms with Gasteiger partial charge in [0.2, 0.25) is 0 Å². The second-order valence-electron chi connectivity index (χ2n) is 4.02. The fraction of sp³-hybridized carbons (Fsp3) is 0.214. The molecule has 3 nitrogen and oxygen atoms in total. The van der Waals surface area contributed by atoms with Gasteiger partial charge in [0.1, 0.15) is 5.75 Å². The molecule has 0 aliphatic carbocycles. The van der Waals surface area contributed by atoms with Gasteiger partial charge in [-0.15, -0.1) is 0 Å². The number of hydrogen-bond donors (Lipinski definition) is 0. The number of aromatic nitrogens is 1. The normalized spacial score (nSPS) is 10.2. The maximum Gasteiger partial charge on any atom is 0.165 e. The number of halogens is 1. The third kappa shape index (κ3) is 2.77. The lowest BCUT2D eigenvalue weighted by atomic mass is 10.2. The van der Waals surface area contributed by atoms with Crippen molar-refractivity contribution < 1.29 is 9.13 Å². The van der Waals surface area contributed by atoms with E-state index in [1.807, 2.05) is 31.3 Å². The standard InChI is InChI=1S/C14H15FN2O/c1-17(14-13(15)7-4-8-16-14)10-11-5-3-6-12(9-11)18-2/h3-9H,10H2,1-2H3. The van der Waals surface area contributed by atoms with E-state index in [1.165, 1.54) is 6.07 Å². The minimum atomic E-state index is -0.317. The molecule has 1 heterocycles. The highest BCUT2D eigenvalue weighted by Gasteiger charge is 2.08. The van der Waals surface area contributed by atoms with Crippen molar-refractivity contribution in [3.8, 4) is 5.75 Å². The van der Waals surface area contributed by atoms with E-state index in [9.17, 15) is 4.39 Å². The highest BCUT2D eigenvalue weighted by atomic mass is 19.1. The first-order valence-corrected chi connectivity index (χ1v) is 5.65. The van der Waals surface area contributed by atoms with Crippen molar-refractivity contribution >= 4 is 5.82 Å². The van der Waals surface area contributed by atoms with Crippen molar-refractivity contribution in [3.63, 3.8) is 0 Å². The third-order valence-corrected chi connectivity index (χ3v) is 2.65. The van der Waals surface area contributed by atoms with Crippen LogP contribution in [0.15, 0.2) is 42.6 Å². The molecule has 0 fully saturated rings. The SMILES string of the molecule is COc1cccc(CN(C)c2ncccc2F)c1. The van der Waals surface area contributed by atoms with Gasteiger partial charge in [-0.3, -0.25) is 0 Å². The van der Waals surface area contributed by atoms with E-state index in [4.69, 9.17) is 4.74 Å². The smallest absolute Gasteiger partial charge is 0.165 e. The number of pyridine rings is 1. The first-order chi connectivity index (χ1) is 8.70. The molecule has 0 spiro atoms. The second kappa shape index (κ2) is 5.49. The van der Waals surface area contributed by atoms with E-state index in [0.717, 1.165) is 11.3 Å². The zero-order valence-electron chi connectivity index (χ0n) is 10.4. The Labute approximate surface area is 106 Å². The molecule has 94 valence electrons. The average Bonchev–Trinajstić information content (AvgIpc) is 2.39. The summed E-state index contributed by atoms with van der Waals surface area (Å²) in [5, 5.41) is 0. The molecule has 0 aliphatic rings. The number of methoxy groups -OCH3 is 1. The van der Waals surface area contributed by atoms with Crippen LogP contribution in [-0.2, 0) is 6.54 Å². The second-order valence-corrected chi connectivity index (χ2v) is 4.02. The van der Waals surface area contributed by atoms with Gasteiger partial charge < -0.3 is 9.64 Å². The number of rotatable bonds is 4. The van der Waals surface area contributed by atoms with Crippen molar-refractivity contribution in [1.82, 2.24) is 4.98 Å². The highest BCUT2D eigenvalue weighted by Crippen LogP contribution is 2.18. The Balaban J connectivity index is 2.16. The summed E-state index contributed by atoms with van der Waals surface area (Å²) in [6, 6.07) is 10.7. The molecule has 0 saturated heterocycles. The van der Waals surface area contributed by atoms with E-state index in [-0.39, 0.29) is 5.82 Å². The molecule has 0 amide bonds. The summed E-state index contributed by atoms with van der Waals surface area (Å²) in [6.07, 6.45) is 1.58. The van der Waals surface area contributed by atoms with Gasteiger partial charge in [-0.05, 0) is 29.8 Å². The maximum absolute atomic E-state index is 13.6. The molecule has 4 heteroatoms. The third-order valence-electron chi connectivity index (χ3n) is 2.65. The van der Waals surface area contributed by atoms with Crippen LogP contribution in [0.2, 0.25) is 0 Å². The van der Waals surface area contributed by atoms with E-state index >= 15 is 0 Å². The largest absolute Gasteiger partial charge is 0.497 e. The van der Waals surface area contributed by atoms with Crippen molar-refractivity contribution in [2.45, 2.75) is 6.54 Å². The summed E-state index contributed by atoms with van der Waals surface area (Å²) in [7, 11) is 3.44. The fourth-order valence-electron chi connectivity index (χ4n) is 1.78. The summed E-state index contributed by atoms with van der Waals surface area (Å²) in [6.45, 7) is 0.575. The Kier molecular flexibility index (Phi) is 3.77. The summed E-state index contributed by atoms with van der Waals surface area (Å²) >= 11 is 0. The van der Waals surface area contributed by atoms with Crippen LogP contribution in [0.25, 0.3) is 0 Å². The highest BCUT2D eigenvalue weighted by molar-refractivity contribution is 5.40. The van der Waals surface area contributed by atoms with Crippen LogP contribution in [0.1, 0.15) is 5.56 Å². The zero-order chi connectivity index (χ0) is 13.0. The molecule has 0 unspecified atom stereocenters. The molecule has 0 radical (unpaired) electrons. The molecule has 1 aromatic carbocycles. The predicted octanol–water partition coefficient (Wildman–Crippen LogP) is 2.87. The molecule has 2 aromatic rings. The number of benzene rings is 1. The van der Waals surface area contributed by atoms with Crippen molar-refractivity contribution in [3.05, 3.63) is 54.0 Å². The number of hydrogen-bond acceptors (Lipinski definition) is 3. The molecule has 0 bridgehead atoms. The molecule has 0 N–H and O–H groups in total. The van der Waals surface area contributed by atoms with E-state index in [2.05, 4.69) is 4.98 Å². The van der Waals surface area contributed by atoms with E-state index in [1.54, 1.807) is 24.3 Å². The van der Waals surface area contributed by atoms with Crippen LogP contribution in [0, 0.1) is 5.82 Å². The summed E-state index contributed by atoms with van der Waals surface area (Å²) in [5.74, 6) is 0.825. The van der Waals surface area contributed by atoms with Gasteiger partial charge >= 0.3 is 0 Å². The lowest BCUT2D eigenvalue weighted by Gasteiger charge is -2.18. The van der Waals surface area contributed by atoms with Crippen LogP contribution in [0.3, 0.4) is 0 Å². The molecule has 2 rings (SSSR count). The molecular formula is C14H15FN2O. The van der Waals surface area contributed by atoms with Crippen molar-refractivity contribution in [2.24, 2.45) is 0 Å². The van der Waals surface area contributed by atoms with Gasteiger partial charge in [0.25, 0.3) is 0 Å². The lowest BCUT2D eigenvalue weighted by Crippen LogP contribution is -2.18. The molecule has 0 saturated carbocycles. The van der Waals surface area contributed by atoms with Crippen LogP contribution in [0.4, 0.5) is 10.2 Å². The van der Waals surface area contributed by atoms with Crippen LogP contribution in [0.5, 0.6) is 5.75 Å². The van der Waals surface area contributed by atoms with Gasteiger partial charge in [-0.2, -0.15) is 0 Å². The molecular weight excluding hydrogens is 231 g/mol. The van der Waals surface area contributed by atoms with Gasteiger partial charge in [-0.1, -0.05) is 12.1 Å². The Morgan fingerprint density at radius 1 is 1.28 bits per heavy atom. The van der Waals surface area contributed by atoms with Gasteiger partial charge in [0.15, 0.2) is 11.6 Å². The van der Waals surface area contributed by atoms with Crippen LogP contribution >= 0.6 is 0 Å². The zero-order valence-corrected chi connectivity index (χ0v) is 10.4. The topological polar surface area (TPSA) is 25.4 Å². The van der Waals surface area contributed by atoms with Crippen molar-refractivity contribution in [1.29, 1.82) is 0 Å². The Bertz CT molecular complexity index is 531.